The third-order valence-corrected chi connectivity index (χ3v) is 3.93. The van der Waals surface area contributed by atoms with Crippen molar-refractivity contribution in [2.75, 3.05) is 26.9 Å². The molecule has 0 bridgehead atoms. The summed E-state index contributed by atoms with van der Waals surface area (Å²) in [6.07, 6.45) is 10.3. The van der Waals surface area contributed by atoms with E-state index in [1.165, 1.54) is 0 Å². The van der Waals surface area contributed by atoms with E-state index in [0.717, 1.165) is 11.1 Å². The second-order valence-electron chi connectivity index (χ2n) is 5.82. The first kappa shape index (κ1) is 20.9. The van der Waals surface area contributed by atoms with Crippen molar-refractivity contribution in [1.29, 1.82) is 0 Å². The van der Waals surface area contributed by atoms with Crippen LogP contribution >= 0.6 is 0 Å². The molecule has 2 aromatic carbocycles. The highest BCUT2D eigenvalue weighted by atomic mass is 16.5. The van der Waals surface area contributed by atoms with Gasteiger partial charge in [0.05, 0.1) is 7.11 Å². The van der Waals surface area contributed by atoms with Crippen LogP contribution < -0.4 is 14.8 Å². The Morgan fingerprint density at radius 3 is 2.50 bits per heavy atom. The van der Waals surface area contributed by atoms with Gasteiger partial charge >= 0.3 is 0 Å². The Morgan fingerprint density at radius 2 is 1.82 bits per heavy atom. The summed E-state index contributed by atoms with van der Waals surface area (Å²) in [7, 11) is 1.57. The van der Waals surface area contributed by atoms with Crippen molar-refractivity contribution in [3.8, 4) is 36.2 Å². The van der Waals surface area contributed by atoms with Gasteiger partial charge in [0.1, 0.15) is 13.2 Å². The maximum absolute atomic E-state index is 12.6. The number of carbonyl (C=O) groups excluding carboxylic acids is 1. The Labute approximate surface area is 166 Å². The number of hydrogen-bond donors (Lipinski definition) is 1. The number of carbonyl (C=O) groups is 1. The van der Waals surface area contributed by atoms with E-state index < -0.39 is 6.10 Å². The molecule has 2 rings (SSSR count). The van der Waals surface area contributed by atoms with Crippen LogP contribution in [-0.4, -0.2) is 32.8 Å². The molecule has 0 aromatic heterocycles. The van der Waals surface area contributed by atoms with Gasteiger partial charge in [-0.3, -0.25) is 4.79 Å². The number of nitrogens with one attached hydrogen (secondary N) is 1. The Morgan fingerprint density at radius 1 is 1.07 bits per heavy atom. The molecule has 0 saturated heterocycles. The van der Waals surface area contributed by atoms with Gasteiger partial charge in [-0.25, -0.2) is 0 Å². The summed E-state index contributed by atoms with van der Waals surface area (Å²) in [5.41, 5.74) is 1.75. The first-order chi connectivity index (χ1) is 13.7. The van der Waals surface area contributed by atoms with Crippen LogP contribution in [0.2, 0.25) is 0 Å². The molecule has 0 fully saturated rings. The fraction of sp³-hybridized carbons (Fsp3) is 0.261. The summed E-state index contributed by atoms with van der Waals surface area (Å²) in [6.45, 7) is 0.670. The van der Waals surface area contributed by atoms with E-state index in [9.17, 15) is 4.79 Å². The Balaban J connectivity index is 1.96. The quantitative estimate of drug-likeness (QED) is 0.647. The van der Waals surface area contributed by atoms with Crippen molar-refractivity contribution < 1.29 is 19.0 Å². The van der Waals surface area contributed by atoms with E-state index in [1.807, 2.05) is 42.5 Å². The van der Waals surface area contributed by atoms with E-state index in [4.69, 9.17) is 27.1 Å². The normalized spacial score (nSPS) is 11.0. The molecule has 0 aliphatic rings. The zero-order valence-corrected chi connectivity index (χ0v) is 15.8. The molecule has 0 aliphatic carbocycles. The molecular weight excluding hydrogens is 354 g/mol. The number of methoxy groups -OCH3 is 1. The summed E-state index contributed by atoms with van der Waals surface area (Å²) >= 11 is 0. The van der Waals surface area contributed by atoms with Crippen molar-refractivity contribution in [2.24, 2.45) is 0 Å². The van der Waals surface area contributed by atoms with E-state index in [0.29, 0.717) is 24.5 Å². The van der Waals surface area contributed by atoms with Crippen LogP contribution in [0.1, 0.15) is 17.2 Å². The molecule has 2 aromatic rings. The minimum absolute atomic E-state index is 0.0588. The second-order valence-corrected chi connectivity index (χ2v) is 5.82. The summed E-state index contributed by atoms with van der Waals surface area (Å²) in [5, 5.41) is 2.89. The van der Waals surface area contributed by atoms with Crippen LogP contribution in [0.25, 0.3) is 0 Å². The molecular formula is C23H23NO4. The molecule has 1 atom stereocenters. The predicted molar refractivity (Wildman–Crippen MR) is 108 cm³/mol. The van der Waals surface area contributed by atoms with E-state index in [-0.39, 0.29) is 19.1 Å². The molecule has 0 heterocycles. The number of terminal acetylenes is 2. The molecule has 0 spiro atoms. The van der Waals surface area contributed by atoms with Crippen molar-refractivity contribution >= 4 is 5.91 Å². The second kappa shape index (κ2) is 11.3. The molecule has 144 valence electrons. The van der Waals surface area contributed by atoms with Crippen molar-refractivity contribution in [3.63, 3.8) is 0 Å². The highest BCUT2D eigenvalue weighted by Crippen LogP contribution is 2.28. The molecule has 5 nitrogen and oxygen atoms in total. The summed E-state index contributed by atoms with van der Waals surface area (Å²) in [6, 6.07) is 14.8. The Kier molecular flexibility index (Phi) is 8.46. The number of amides is 1. The van der Waals surface area contributed by atoms with Gasteiger partial charge in [-0.05, 0) is 29.7 Å². The minimum Gasteiger partial charge on any atom is -0.493 e. The van der Waals surface area contributed by atoms with Crippen LogP contribution in [0.3, 0.4) is 0 Å². The third kappa shape index (κ3) is 6.09. The molecule has 0 aliphatic heterocycles. The van der Waals surface area contributed by atoms with Gasteiger partial charge < -0.3 is 19.5 Å². The van der Waals surface area contributed by atoms with Crippen LogP contribution in [0, 0.1) is 24.7 Å². The molecule has 28 heavy (non-hydrogen) atoms. The first-order valence-electron chi connectivity index (χ1n) is 8.80. The zero-order valence-electron chi connectivity index (χ0n) is 15.8. The number of benzene rings is 2. The average Bonchev–Trinajstić information content (AvgIpc) is 2.73. The minimum atomic E-state index is -0.744. The predicted octanol–water partition coefficient (Wildman–Crippen LogP) is 2.76. The van der Waals surface area contributed by atoms with Gasteiger partial charge in [0, 0.05) is 6.54 Å². The lowest BCUT2D eigenvalue weighted by Crippen LogP contribution is -2.32. The number of rotatable bonds is 10. The molecule has 1 N–H and O–H groups in total. The molecule has 0 unspecified atom stereocenters. The fourth-order valence-corrected chi connectivity index (χ4v) is 2.61. The van der Waals surface area contributed by atoms with Crippen LogP contribution in [0.5, 0.6) is 11.5 Å². The van der Waals surface area contributed by atoms with Gasteiger partial charge in [-0.2, -0.15) is 0 Å². The number of hydrogen-bond acceptors (Lipinski definition) is 4. The lowest BCUT2D eigenvalue weighted by atomic mass is 10.1. The maximum Gasteiger partial charge on any atom is 0.253 e. The van der Waals surface area contributed by atoms with Gasteiger partial charge in [0.25, 0.3) is 5.91 Å². The molecule has 0 saturated carbocycles. The van der Waals surface area contributed by atoms with E-state index >= 15 is 0 Å². The van der Waals surface area contributed by atoms with Crippen LogP contribution in [0.15, 0.2) is 48.5 Å². The zero-order chi connectivity index (χ0) is 20.2. The van der Waals surface area contributed by atoms with Crippen molar-refractivity contribution in [2.45, 2.75) is 12.5 Å². The van der Waals surface area contributed by atoms with E-state index in [1.54, 1.807) is 13.2 Å². The molecule has 5 heteroatoms. The Bertz CT molecular complexity index is 849. The largest absolute Gasteiger partial charge is 0.493 e. The SMILES string of the molecule is C#CCOc1ccc(CCNC(=O)[C@@H](OCC#C)c2ccccc2)cc1OC. The monoisotopic (exact) mass is 377 g/mol. The van der Waals surface area contributed by atoms with Crippen LogP contribution in [-0.2, 0) is 16.0 Å². The van der Waals surface area contributed by atoms with Crippen molar-refractivity contribution in [3.05, 3.63) is 59.7 Å². The average molecular weight is 377 g/mol. The molecule has 0 radical (unpaired) electrons. The first-order valence-corrected chi connectivity index (χ1v) is 8.80. The number of ether oxygens (including phenoxy) is 3. The molecule has 1 amide bonds. The Hall–Kier alpha value is -3.41. The summed E-state index contributed by atoms with van der Waals surface area (Å²) in [5.74, 6) is 5.76. The smallest absolute Gasteiger partial charge is 0.253 e. The van der Waals surface area contributed by atoms with Crippen molar-refractivity contribution in [1.82, 2.24) is 5.32 Å². The maximum atomic E-state index is 12.6. The standard InChI is InChI=1S/C23H23NO4/c1-4-15-27-20-12-11-18(17-21(20)26-3)13-14-24-23(25)22(28-16-5-2)19-9-7-6-8-10-19/h1-2,6-12,17,22H,13-16H2,3H3,(H,24,25)/t22-/m0/s1. The third-order valence-electron chi connectivity index (χ3n) is 3.93. The summed E-state index contributed by atoms with van der Waals surface area (Å²) in [4.78, 5) is 12.6. The topological polar surface area (TPSA) is 56.8 Å². The van der Waals surface area contributed by atoms with Gasteiger partial charge in [0.2, 0.25) is 0 Å². The van der Waals surface area contributed by atoms with Gasteiger partial charge in [-0.1, -0.05) is 48.2 Å². The van der Waals surface area contributed by atoms with Crippen LogP contribution in [0.4, 0.5) is 0 Å². The van der Waals surface area contributed by atoms with E-state index in [2.05, 4.69) is 17.2 Å². The lowest BCUT2D eigenvalue weighted by Gasteiger charge is -2.17. The highest BCUT2D eigenvalue weighted by Gasteiger charge is 2.20. The highest BCUT2D eigenvalue weighted by molar-refractivity contribution is 5.82. The fourth-order valence-electron chi connectivity index (χ4n) is 2.61. The van der Waals surface area contributed by atoms with Gasteiger partial charge in [-0.15, -0.1) is 12.8 Å². The van der Waals surface area contributed by atoms with Gasteiger partial charge in [0.15, 0.2) is 17.6 Å². The lowest BCUT2D eigenvalue weighted by molar-refractivity contribution is -0.132. The summed E-state index contributed by atoms with van der Waals surface area (Å²) < 4.78 is 16.3.